The minimum absolute atomic E-state index is 0.0125. The lowest BCUT2D eigenvalue weighted by Crippen LogP contribution is -2.34. The molecule has 7 nitrogen and oxygen atoms in total. The number of hydrogen-bond acceptors (Lipinski definition) is 5. The fourth-order valence-electron chi connectivity index (χ4n) is 4.36. The van der Waals surface area contributed by atoms with Crippen LogP contribution in [0.5, 0.6) is 0 Å². The lowest BCUT2D eigenvalue weighted by Gasteiger charge is -2.28. The summed E-state index contributed by atoms with van der Waals surface area (Å²) in [5.41, 5.74) is 2.00. The molecule has 4 rings (SSSR count). The number of pyridine rings is 1. The van der Waals surface area contributed by atoms with Crippen LogP contribution in [0.1, 0.15) is 52.6 Å². The largest absolute Gasteiger partial charge is 0.465 e. The first-order chi connectivity index (χ1) is 15.9. The van der Waals surface area contributed by atoms with Gasteiger partial charge in [-0.1, -0.05) is 18.2 Å². The molecule has 0 saturated heterocycles. The molecule has 2 aromatic heterocycles. The molecule has 0 atom stereocenters. The van der Waals surface area contributed by atoms with Gasteiger partial charge < -0.3 is 15.7 Å². The highest BCUT2D eigenvalue weighted by molar-refractivity contribution is 7.17. The number of fused-ring (bicyclic) bond motifs is 1. The zero-order valence-corrected chi connectivity index (χ0v) is 19.3. The van der Waals surface area contributed by atoms with E-state index in [1.165, 1.54) is 11.3 Å². The Morgan fingerprint density at radius 1 is 1.00 bits per heavy atom. The molecular formula is C25H27N3O4S. The summed E-state index contributed by atoms with van der Waals surface area (Å²) in [6.07, 6.45) is 2.88. The minimum atomic E-state index is -0.978. The Labute approximate surface area is 196 Å². The number of amides is 2. The second-order valence-electron chi connectivity index (χ2n) is 8.58. The summed E-state index contributed by atoms with van der Waals surface area (Å²) in [6.45, 7) is 2.63. The van der Waals surface area contributed by atoms with Crippen molar-refractivity contribution in [3.8, 4) is 10.6 Å². The highest BCUT2D eigenvalue weighted by Crippen LogP contribution is 2.31. The lowest BCUT2D eigenvalue weighted by atomic mass is 9.82. The zero-order chi connectivity index (χ0) is 23.4. The molecule has 172 valence electrons. The average Bonchev–Trinajstić information content (AvgIpc) is 3.32. The van der Waals surface area contributed by atoms with Crippen molar-refractivity contribution in [3.05, 3.63) is 52.9 Å². The number of nitrogens with zero attached hydrogens (tertiary/aromatic N) is 1. The molecule has 0 bridgehead atoms. The number of aromatic nitrogens is 1. The molecule has 1 fully saturated rings. The van der Waals surface area contributed by atoms with Crippen molar-refractivity contribution in [1.82, 2.24) is 15.6 Å². The number of para-hydroxylation sites is 1. The summed E-state index contributed by atoms with van der Waals surface area (Å²) >= 11 is 1.38. The molecule has 1 aliphatic rings. The number of ketones is 1. The minimum Gasteiger partial charge on any atom is -0.465 e. The molecule has 0 radical (unpaired) electrons. The van der Waals surface area contributed by atoms with Crippen LogP contribution in [0.2, 0.25) is 0 Å². The van der Waals surface area contributed by atoms with Crippen LogP contribution in [-0.4, -0.2) is 41.0 Å². The van der Waals surface area contributed by atoms with Crippen LogP contribution < -0.4 is 10.6 Å². The molecule has 1 aliphatic carbocycles. The van der Waals surface area contributed by atoms with E-state index in [4.69, 9.17) is 10.1 Å². The van der Waals surface area contributed by atoms with Crippen LogP contribution in [-0.2, 0) is 0 Å². The van der Waals surface area contributed by atoms with Gasteiger partial charge in [-0.3, -0.25) is 9.59 Å². The molecule has 0 aliphatic heterocycles. The first-order valence-electron chi connectivity index (χ1n) is 11.2. The van der Waals surface area contributed by atoms with Crippen LogP contribution >= 0.6 is 11.3 Å². The number of nitrogens with one attached hydrogen (secondary N) is 2. The van der Waals surface area contributed by atoms with Gasteiger partial charge in [0.05, 0.1) is 26.5 Å². The number of rotatable bonds is 7. The van der Waals surface area contributed by atoms with E-state index in [-0.39, 0.29) is 11.7 Å². The van der Waals surface area contributed by atoms with Crippen molar-refractivity contribution in [2.75, 3.05) is 13.1 Å². The van der Waals surface area contributed by atoms with E-state index in [9.17, 15) is 14.4 Å². The van der Waals surface area contributed by atoms with Gasteiger partial charge in [0.15, 0.2) is 5.78 Å². The van der Waals surface area contributed by atoms with E-state index in [1.807, 2.05) is 36.4 Å². The number of benzene rings is 1. The maximum absolute atomic E-state index is 13.2. The van der Waals surface area contributed by atoms with Gasteiger partial charge in [-0.25, -0.2) is 9.78 Å². The van der Waals surface area contributed by atoms with E-state index in [0.29, 0.717) is 41.1 Å². The summed E-state index contributed by atoms with van der Waals surface area (Å²) in [7, 11) is 0. The first kappa shape index (κ1) is 22.9. The topological polar surface area (TPSA) is 108 Å². The average molecular weight is 466 g/mol. The highest BCUT2D eigenvalue weighted by Gasteiger charge is 2.23. The van der Waals surface area contributed by atoms with Crippen molar-refractivity contribution in [2.24, 2.45) is 11.8 Å². The maximum Gasteiger partial charge on any atom is 0.404 e. The quantitative estimate of drug-likeness (QED) is 0.427. The Bertz CT molecular complexity index is 1180. The van der Waals surface area contributed by atoms with Crippen LogP contribution in [0.4, 0.5) is 4.79 Å². The van der Waals surface area contributed by atoms with E-state index in [2.05, 4.69) is 10.6 Å². The van der Waals surface area contributed by atoms with Crippen molar-refractivity contribution in [1.29, 1.82) is 0 Å². The van der Waals surface area contributed by atoms with E-state index >= 15 is 0 Å². The van der Waals surface area contributed by atoms with Gasteiger partial charge in [0.1, 0.15) is 0 Å². The fraction of sp³-hybridized carbons (Fsp3) is 0.360. The van der Waals surface area contributed by atoms with Gasteiger partial charge in [-0.05, 0) is 68.7 Å². The van der Waals surface area contributed by atoms with Gasteiger partial charge in [-0.2, -0.15) is 0 Å². The Kier molecular flexibility index (Phi) is 7.03. The number of carbonyl (C=O) groups is 3. The standard InChI is InChI=1S/C25H27N3O4S/c1-15(29)22-10-11-23(33-22)21-12-19(18-4-2-3-5-20(18)28-21)24(30)26-13-16-6-8-17(9-7-16)14-27-25(31)32/h2-5,10-12,16-17,27H,6-9,13-14H2,1H3,(H,26,30)(H,31,32). The number of Topliss-reactive ketones (excluding diaryl/α,β-unsaturated/α-hetero) is 1. The van der Waals surface area contributed by atoms with Crippen molar-refractivity contribution < 1.29 is 19.5 Å². The Balaban J connectivity index is 1.46. The van der Waals surface area contributed by atoms with Crippen molar-refractivity contribution >= 4 is 40.0 Å². The Morgan fingerprint density at radius 2 is 1.67 bits per heavy atom. The highest BCUT2D eigenvalue weighted by atomic mass is 32.1. The molecule has 2 amide bonds. The lowest BCUT2D eigenvalue weighted by molar-refractivity contribution is 0.0941. The summed E-state index contributed by atoms with van der Waals surface area (Å²) < 4.78 is 0. The Hall–Kier alpha value is -3.26. The predicted molar refractivity (Wildman–Crippen MR) is 129 cm³/mol. The van der Waals surface area contributed by atoms with Crippen LogP contribution in [0.15, 0.2) is 42.5 Å². The smallest absolute Gasteiger partial charge is 0.404 e. The Morgan fingerprint density at radius 3 is 2.30 bits per heavy atom. The third kappa shape index (κ3) is 5.57. The number of carbonyl (C=O) groups excluding carboxylic acids is 2. The SMILES string of the molecule is CC(=O)c1ccc(-c2cc(C(=O)NCC3CCC(CNC(=O)O)CC3)c3ccccc3n2)s1. The fourth-order valence-corrected chi connectivity index (χ4v) is 5.22. The van der Waals surface area contributed by atoms with Gasteiger partial charge in [-0.15, -0.1) is 11.3 Å². The molecule has 0 unspecified atom stereocenters. The van der Waals surface area contributed by atoms with Gasteiger partial charge in [0.25, 0.3) is 5.91 Å². The summed E-state index contributed by atoms with van der Waals surface area (Å²) in [5.74, 6) is 0.634. The van der Waals surface area contributed by atoms with Crippen molar-refractivity contribution in [2.45, 2.75) is 32.6 Å². The molecule has 3 aromatic rings. The third-order valence-electron chi connectivity index (χ3n) is 6.23. The zero-order valence-electron chi connectivity index (χ0n) is 18.5. The summed E-state index contributed by atoms with van der Waals surface area (Å²) in [6, 6.07) is 13.1. The van der Waals surface area contributed by atoms with Gasteiger partial charge in [0.2, 0.25) is 0 Å². The molecular weight excluding hydrogens is 438 g/mol. The molecule has 8 heteroatoms. The second kappa shape index (κ2) is 10.1. The number of thiophene rings is 1. The molecule has 1 aromatic carbocycles. The summed E-state index contributed by atoms with van der Waals surface area (Å²) in [4.78, 5) is 41.8. The van der Waals surface area contributed by atoms with E-state index in [0.717, 1.165) is 41.5 Å². The monoisotopic (exact) mass is 465 g/mol. The maximum atomic E-state index is 13.2. The van der Waals surface area contributed by atoms with Crippen LogP contribution in [0.3, 0.4) is 0 Å². The first-order valence-corrected chi connectivity index (χ1v) is 12.0. The number of carboxylic acid groups (broad SMARTS) is 1. The molecule has 0 spiro atoms. The third-order valence-corrected chi connectivity index (χ3v) is 7.43. The summed E-state index contributed by atoms with van der Waals surface area (Å²) in [5, 5.41) is 15.1. The van der Waals surface area contributed by atoms with Crippen molar-refractivity contribution in [3.63, 3.8) is 0 Å². The predicted octanol–water partition coefficient (Wildman–Crippen LogP) is 4.97. The normalized spacial score (nSPS) is 18.1. The molecule has 2 heterocycles. The van der Waals surface area contributed by atoms with Crippen LogP contribution in [0.25, 0.3) is 21.5 Å². The number of hydrogen-bond donors (Lipinski definition) is 3. The molecule has 33 heavy (non-hydrogen) atoms. The van der Waals surface area contributed by atoms with Gasteiger partial charge in [0, 0.05) is 18.5 Å². The van der Waals surface area contributed by atoms with E-state index in [1.54, 1.807) is 13.0 Å². The van der Waals surface area contributed by atoms with E-state index < -0.39 is 6.09 Å². The molecule has 3 N–H and O–H groups in total. The van der Waals surface area contributed by atoms with Crippen LogP contribution in [0, 0.1) is 11.8 Å². The van der Waals surface area contributed by atoms with Gasteiger partial charge >= 0.3 is 6.09 Å². The molecule has 1 saturated carbocycles. The second-order valence-corrected chi connectivity index (χ2v) is 9.66.